The number of nitrogens with one attached hydrogen (secondary N) is 1. The number of rotatable bonds is 0. The van der Waals surface area contributed by atoms with Gasteiger partial charge in [0.25, 0.3) is 0 Å². The minimum atomic E-state index is 0.945. The molecule has 2 nitrogen and oxygen atoms in total. The van der Waals surface area contributed by atoms with Crippen molar-refractivity contribution in [1.82, 2.24) is 0 Å². The van der Waals surface area contributed by atoms with Crippen LogP contribution in [0.5, 0.6) is 0 Å². The number of hydrogen-bond acceptors (Lipinski definition) is 2. The molecule has 2 heteroatoms. The Kier molecular flexibility index (Phi) is 2.07. The molecule has 0 saturated heterocycles. The Bertz CT molecular complexity index is 520. The van der Waals surface area contributed by atoms with E-state index >= 15 is 0 Å². The molecule has 0 amide bonds. The smallest absolute Gasteiger partial charge is 0.0622 e. The highest BCUT2D eigenvalue weighted by molar-refractivity contribution is 5.78. The molecule has 2 aromatic carbocycles. The Morgan fingerprint density at radius 1 is 0.938 bits per heavy atom. The number of nitrogens with zero attached hydrogens (tertiary/aromatic N) is 1. The van der Waals surface area contributed by atoms with Gasteiger partial charge in [0.05, 0.1) is 11.4 Å². The van der Waals surface area contributed by atoms with Gasteiger partial charge in [-0.3, -0.25) is 0 Å². The van der Waals surface area contributed by atoms with Gasteiger partial charge in [-0.15, -0.1) is 0 Å². The summed E-state index contributed by atoms with van der Waals surface area (Å²) in [5.41, 5.74) is 4.97. The molecule has 1 heterocycles. The Morgan fingerprint density at radius 3 is 2.50 bits per heavy atom. The molecule has 1 aliphatic rings. The molecule has 16 heavy (non-hydrogen) atoms. The fourth-order valence-corrected chi connectivity index (χ4v) is 2.18. The first-order chi connectivity index (χ1) is 7.84. The predicted octanol–water partition coefficient (Wildman–Crippen LogP) is 3.38. The van der Waals surface area contributed by atoms with Crippen molar-refractivity contribution in [2.45, 2.75) is 6.54 Å². The maximum atomic E-state index is 3.49. The number of benzene rings is 2. The summed E-state index contributed by atoms with van der Waals surface area (Å²) < 4.78 is 0. The Morgan fingerprint density at radius 2 is 1.62 bits per heavy atom. The highest BCUT2D eigenvalue weighted by Crippen LogP contribution is 2.34. The monoisotopic (exact) mass is 210 g/mol. The number of fused-ring (bicyclic) bond motifs is 2. The summed E-state index contributed by atoms with van der Waals surface area (Å²) in [6.45, 7) is 0.945. The SMILES string of the molecule is CN1Cc2ccccc2Nc2ccccc21. The van der Waals surface area contributed by atoms with E-state index in [1.807, 2.05) is 0 Å². The Balaban J connectivity index is 2.15. The Hall–Kier alpha value is -1.96. The van der Waals surface area contributed by atoms with Crippen LogP contribution in [0.2, 0.25) is 0 Å². The molecule has 1 N–H and O–H groups in total. The van der Waals surface area contributed by atoms with E-state index in [0.29, 0.717) is 0 Å². The summed E-state index contributed by atoms with van der Waals surface area (Å²) in [6, 6.07) is 16.9. The predicted molar refractivity (Wildman–Crippen MR) is 68.3 cm³/mol. The van der Waals surface area contributed by atoms with Crippen LogP contribution in [0.4, 0.5) is 17.1 Å². The fraction of sp³-hybridized carbons (Fsp3) is 0.143. The van der Waals surface area contributed by atoms with Gasteiger partial charge in [0, 0.05) is 19.3 Å². The average Bonchev–Trinajstić information content (AvgIpc) is 2.45. The molecule has 1 aliphatic heterocycles. The van der Waals surface area contributed by atoms with E-state index in [1.54, 1.807) is 0 Å². The quantitative estimate of drug-likeness (QED) is 0.717. The van der Waals surface area contributed by atoms with Gasteiger partial charge in [-0.05, 0) is 23.8 Å². The van der Waals surface area contributed by atoms with E-state index in [-0.39, 0.29) is 0 Å². The van der Waals surface area contributed by atoms with Gasteiger partial charge in [0.1, 0.15) is 0 Å². The van der Waals surface area contributed by atoms with Gasteiger partial charge < -0.3 is 10.2 Å². The lowest BCUT2D eigenvalue weighted by Gasteiger charge is -2.18. The lowest BCUT2D eigenvalue weighted by molar-refractivity contribution is 0.935. The van der Waals surface area contributed by atoms with Crippen molar-refractivity contribution >= 4 is 17.1 Å². The van der Waals surface area contributed by atoms with Crippen molar-refractivity contribution in [1.29, 1.82) is 0 Å². The van der Waals surface area contributed by atoms with E-state index in [4.69, 9.17) is 0 Å². The standard InChI is InChI=1S/C14H14N2/c1-16-10-11-6-2-3-7-12(11)15-13-8-4-5-9-14(13)16/h2-9,15H,10H2,1H3. The molecule has 3 rings (SSSR count). The highest BCUT2D eigenvalue weighted by Gasteiger charge is 2.14. The molecule has 0 aliphatic carbocycles. The lowest BCUT2D eigenvalue weighted by atomic mass is 10.2. The zero-order valence-electron chi connectivity index (χ0n) is 9.27. The van der Waals surface area contributed by atoms with Crippen molar-refractivity contribution in [2.75, 3.05) is 17.3 Å². The maximum Gasteiger partial charge on any atom is 0.0622 e. The molecule has 0 bridgehead atoms. The topological polar surface area (TPSA) is 15.3 Å². The minimum absolute atomic E-state index is 0.945. The second-order valence-corrected chi connectivity index (χ2v) is 4.16. The van der Waals surface area contributed by atoms with Crippen LogP contribution in [0.1, 0.15) is 5.56 Å². The van der Waals surface area contributed by atoms with Crippen LogP contribution in [0.15, 0.2) is 48.5 Å². The van der Waals surface area contributed by atoms with Gasteiger partial charge in [-0.1, -0.05) is 30.3 Å². The van der Waals surface area contributed by atoms with Gasteiger partial charge in [0.15, 0.2) is 0 Å². The van der Waals surface area contributed by atoms with Crippen LogP contribution in [0.25, 0.3) is 0 Å². The van der Waals surface area contributed by atoms with Crippen LogP contribution in [-0.4, -0.2) is 7.05 Å². The third-order valence-corrected chi connectivity index (χ3v) is 3.01. The molecule has 0 aromatic heterocycles. The van der Waals surface area contributed by atoms with Gasteiger partial charge >= 0.3 is 0 Å². The first-order valence-electron chi connectivity index (χ1n) is 5.50. The third kappa shape index (κ3) is 1.43. The second-order valence-electron chi connectivity index (χ2n) is 4.16. The van der Waals surface area contributed by atoms with Crippen molar-refractivity contribution in [3.8, 4) is 0 Å². The molecule has 0 radical (unpaired) electrons. The molecule has 0 atom stereocenters. The largest absolute Gasteiger partial charge is 0.369 e. The van der Waals surface area contributed by atoms with E-state index in [0.717, 1.165) is 6.54 Å². The second kappa shape index (κ2) is 3.56. The first-order valence-corrected chi connectivity index (χ1v) is 5.50. The molecule has 0 fully saturated rings. The number of anilines is 3. The molecular weight excluding hydrogens is 196 g/mol. The number of hydrogen-bond donors (Lipinski definition) is 1. The van der Waals surface area contributed by atoms with Crippen LogP contribution in [0, 0.1) is 0 Å². The van der Waals surface area contributed by atoms with Crippen LogP contribution < -0.4 is 10.2 Å². The average molecular weight is 210 g/mol. The molecule has 0 unspecified atom stereocenters. The molecule has 0 saturated carbocycles. The third-order valence-electron chi connectivity index (χ3n) is 3.01. The zero-order chi connectivity index (χ0) is 11.0. The van der Waals surface area contributed by atoms with E-state index in [1.165, 1.54) is 22.6 Å². The summed E-state index contributed by atoms with van der Waals surface area (Å²) >= 11 is 0. The normalized spacial score (nSPS) is 13.4. The lowest BCUT2D eigenvalue weighted by Crippen LogP contribution is -2.15. The minimum Gasteiger partial charge on any atom is -0.369 e. The molecule has 0 spiro atoms. The van der Waals surface area contributed by atoms with Crippen molar-refractivity contribution < 1.29 is 0 Å². The fourth-order valence-electron chi connectivity index (χ4n) is 2.18. The summed E-state index contributed by atoms with van der Waals surface area (Å²) in [7, 11) is 2.13. The Labute approximate surface area is 95.5 Å². The summed E-state index contributed by atoms with van der Waals surface area (Å²) in [5.74, 6) is 0. The van der Waals surface area contributed by atoms with Crippen LogP contribution in [0.3, 0.4) is 0 Å². The molecule has 80 valence electrons. The van der Waals surface area contributed by atoms with Gasteiger partial charge in [-0.25, -0.2) is 0 Å². The maximum absolute atomic E-state index is 3.49. The molecule has 2 aromatic rings. The van der Waals surface area contributed by atoms with Crippen molar-refractivity contribution in [3.05, 3.63) is 54.1 Å². The van der Waals surface area contributed by atoms with E-state index < -0.39 is 0 Å². The zero-order valence-corrected chi connectivity index (χ0v) is 9.27. The number of para-hydroxylation sites is 3. The summed E-state index contributed by atoms with van der Waals surface area (Å²) in [5, 5.41) is 3.49. The van der Waals surface area contributed by atoms with Crippen LogP contribution >= 0.6 is 0 Å². The first kappa shape index (κ1) is 9.28. The molecular formula is C14H14N2. The van der Waals surface area contributed by atoms with Crippen molar-refractivity contribution in [3.63, 3.8) is 0 Å². The summed E-state index contributed by atoms with van der Waals surface area (Å²) in [4.78, 5) is 2.27. The highest BCUT2D eigenvalue weighted by atomic mass is 15.1. The van der Waals surface area contributed by atoms with Crippen molar-refractivity contribution in [2.24, 2.45) is 0 Å². The van der Waals surface area contributed by atoms with Gasteiger partial charge in [-0.2, -0.15) is 0 Å². The van der Waals surface area contributed by atoms with Gasteiger partial charge in [0.2, 0.25) is 0 Å². The van der Waals surface area contributed by atoms with E-state index in [2.05, 4.69) is 65.8 Å². The summed E-state index contributed by atoms with van der Waals surface area (Å²) in [6.07, 6.45) is 0. The van der Waals surface area contributed by atoms with Crippen LogP contribution in [-0.2, 0) is 6.54 Å². The van der Waals surface area contributed by atoms with E-state index in [9.17, 15) is 0 Å².